The van der Waals surface area contributed by atoms with Crippen LogP contribution < -0.4 is 10.6 Å². The standard InChI is InChI=1S/C10H15FN2/c1-3-13(4-2)10-8(11)6-5-7-9(10)12/h5-7H,3-4,12H2,1-2H3. The number of benzene rings is 1. The van der Waals surface area contributed by atoms with Crippen molar-refractivity contribution in [1.29, 1.82) is 0 Å². The molecule has 0 aliphatic heterocycles. The molecule has 0 aromatic heterocycles. The number of nitrogen functional groups attached to an aromatic ring is 1. The van der Waals surface area contributed by atoms with E-state index in [0.29, 0.717) is 11.4 Å². The predicted molar refractivity (Wildman–Crippen MR) is 54.4 cm³/mol. The van der Waals surface area contributed by atoms with E-state index < -0.39 is 0 Å². The Balaban J connectivity index is 3.10. The number of para-hydroxylation sites is 1. The van der Waals surface area contributed by atoms with Crippen molar-refractivity contribution >= 4 is 11.4 Å². The second-order valence-corrected chi connectivity index (χ2v) is 2.85. The van der Waals surface area contributed by atoms with Gasteiger partial charge in [0.05, 0.1) is 11.4 Å². The van der Waals surface area contributed by atoms with E-state index in [9.17, 15) is 4.39 Å². The zero-order chi connectivity index (χ0) is 9.84. The van der Waals surface area contributed by atoms with Crippen LogP contribution in [0.5, 0.6) is 0 Å². The maximum Gasteiger partial charge on any atom is 0.148 e. The number of hydrogen-bond donors (Lipinski definition) is 1. The minimum atomic E-state index is -0.247. The Morgan fingerprint density at radius 1 is 1.31 bits per heavy atom. The van der Waals surface area contributed by atoms with E-state index in [1.54, 1.807) is 12.1 Å². The number of hydrogen-bond acceptors (Lipinski definition) is 2. The number of rotatable bonds is 3. The molecule has 0 amide bonds. The van der Waals surface area contributed by atoms with Crippen LogP contribution in [0.25, 0.3) is 0 Å². The molecule has 0 bridgehead atoms. The Kier molecular flexibility index (Phi) is 3.12. The van der Waals surface area contributed by atoms with Crippen molar-refractivity contribution in [3.63, 3.8) is 0 Å². The van der Waals surface area contributed by atoms with Crippen LogP contribution in [0.4, 0.5) is 15.8 Å². The Hall–Kier alpha value is -1.25. The predicted octanol–water partition coefficient (Wildman–Crippen LogP) is 2.25. The van der Waals surface area contributed by atoms with Crippen LogP contribution in [-0.4, -0.2) is 13.1 Å². The molecule has 1 rings (SSSR count). The quantitative estimate of drug-likeness (QED) is 0.726. The average molecular weight is 182 g/mol. The van der Waals surface area contributed by atoms with E-state index in [1.165, 1.54) is 6.07 Å². The summed E-state index contributed by atoms with van der Waals surface area (Å²) in [5.74, 6) is -0.247. The van der Waals surface area contributed by atoms with Gasteiger partial charge in [-0.25, -0.2) is 4.39 Å². The summed E-state index contributed by atoms with van der Waals surface area (Å²) >= 11 is 0. The summed E-state index contributed by atoms with van der Waals surface area (Å²) in [7, 11) is 0. The lowest BCUT2D eigenvalue weighted by molar-refractivity contribution is 0.621. The van der Waals surface area contributed by atoms with Gasteiger partial charge in [-0.2, -0.15) is 0 Å². The lowest BCUT2D eigenvalue weighted by Gasteiger charge is -2.22. The Labute approximate surface area is 78.2 Å². The maximum atomic E-state index is 13.4. The van der Waals surface area contributed by atoms with Crippen LogP contribution >= 0.6 is 0 Å². The molecule has 0 heterocycles. The minimum Gasteiger partial charge on any atom is -0.397 e. The maximum absolute atomic E-state index is 13.4. The number of anilines is 2. The molecular weight excluding hydrogens is 167 g/mol. The highest BCUT2D eigenvalue weighted by Crippen LogP contribution is 2.25. The molecule has 2 nitrogen and oxygen atoms in total. The molecule has 13 heavy (non-hydrogen) atoms. The molecule has 2 N–H and O–H groups in total. The third kappa shape index (κ3) is 1.91. The molecule has 0 radical (unpaired) electrons. The van der Waals surface area contributed by atoms with Gasteiger partial charge in [-0.1, -0.05) is 6.07 Å². The van der Waals surface area contributed by atoms with Crippen molar-refractivity contribution in [3.05, 3.63) is 24.0 Å². The van der Waals surface area contributed by atoms with Crippen molar-refractivity contribution in [2.45, 2.75) is 13.8 Å². The van der Waals surface area contributed by atoms with Gasteiger partial charge in [0.15, 0.2) is 0 Å². The number of nitrogens with two attached hydrogens (primary N) is 1. The number of nitrogens with zero attached hydrogens (tertiary/aromatic N) is 1. The molecule has 0 unspecified atom stereocenters. The van der Waals surface area contributed by atoms with Crippen LogP contribution in [-0.2, 0) is 0 Å². The van der Waals surface area contributed by atoms with Crippen LogP contribution in [0.3, 0.4) is 0 Å². The van der Waals surface area contributed by atoms with Gasteiger partial charge in [-0.15, -0.1) is 0 Å². The van der Waals surface area contributed by atoms with Crippen LogP contribution in [0, 0.1) is 5.82 Å². The van der Waals surface area contributed by atoms with Gasteiger partial charge in [0, 0.05) is 13.1 Å². The molecule has 0 fully saturated rings. The van der Waals surface area contributed by atoms with E-state index in [1.807, 2.05) is 18.7 Å². The monoisotopic (exact) mass is 182 g/mol. The minimum absolute atomic E-state index is 0.247. The van der Waals surface area contributed by atoms with Crippen molar-refractivity contribution in [3.8, 4) is 0 Å². The Morgan fingerprint density at radius 2 is 1.92 bits per heavy atom. The van der Waals surface area contributed by atoms with E-state index in [-0.39, 0.29) is 5.82 Å². The van der Waals surface area contributed by atoms with E-state index in [0.717, 1.165) is 13.1 Å². The summed E-state index contributed by atoms with van der Waals surface area (Å²) in [4.78, 5) is 1.91. The molecule has 0 spiro atoms. The first-order chi connectivity index (χ1) is 6.20. The van der Waals surface area contributed by atoms with E-state index in [4.69, 9.17) is 5.73 Å². The van der Waals surface area contributed by atoms with Gasteiger partial charge in [-0.3, -0.25) is 0 Å². The summed E-state index contributed by atoms with van der Waals surface area (Å²) in [5.41, 5.74) is 6.72. The summed E-state index contributed by atoms with van der Waals surface area (Å²) in [6, 6.07) is 4.78. The molecule has 0 atom stereocenters. The van der Waals surface area contributed by atoms with Crippen molar-refractivity contribution in [2.24, 2.45) is 0 Å². The van der Waals surface area contributed by atoms with Gasteiger partial charge >= 0.3 is 0 Å². The first kappa shape index (κ1) is 9.84. The topological polar surface area (TPSA) is 29.3 Å². The van der Waals surface area contributed by atoms with Crippen molar-refractivity contribution in [1.82, 2.24) is 0 Å². The van der Waals surface area contributed by atoms with Gasteiger partial charge in [0.25, 0.3) is 0 Å². The molecular formula is C10H15FN2. The smallest absolute Gasteiger partial charge is 0.148 e. The molecule has 0 saturated heterocycles. The second kappa shape index (κ2) is 4.12. The van der Waals surface area contributed by atoms with Crippen LogP contribution in [0.2, 0.25) is 0 Å². The highest BCUT2D eigenvalue weighted by atomic mass is 19.1. The third-order valence-electron chi connectivity index (χ3n) is 2.10. The van der Waals surface area contributed by atoms with Gasteiger partial charge in [0.2, 0.25) is 0 Å². The largest absolute Gasteiger partial charge is 0.397 e. The molecule has 1 aromatic rings. The lowest BCUT2D eigenvalue weighted by Crippen LogP contribution is -2.24. The zero-order valence-electron chi connectivity index (χ0n) is 8.05. The summed E-state index contributed by atoms with van der Waals surface area (Å²) < 4.78 is 13.4. The highest BCUT2D eigenvalue weighted by molar-refractivity contribution is 5.68. The molecule has 1 aromatic carbocycles. The van der Waals surface area contributed by atoms with E-state index >= 15 is 0 Å². The lowest BCUT2D eigenvalue weighted by atomic mass is 10.2. The highest BCUT2D eigenvalue weighted by Gasteiger charge is 2.10. The normalized spacial score (nSPS) is 10.1. The zero-order valence-corrected chi connectivity index (χ0v) is 8.05. The molecule has 0 aliphatic carbocycles. The SMILES string of the molecule is CCN(CC)c1c(N)cccc1F. The van der Waals surface area contributed by atoms with Gasteiger partial charge in [0.1, 0.15) is 5.82 Å². The first-order valence-corrected chi connectivity index (χ1v) is 4.49. The van der Waals surface area contributed by atoms with E-state index in [2.05, 4.69) is 0 Å². The van der Waals surface area contributed by atoms with Crippen LogP contribution in [0.15, 0.2) is 18.2 Å². The summed E-state index contributed by atoms with van der Waals surface area (Å²) in [6.45, 7) is 5.49. The second-order valence-electron chi connectivity index (χ2n) is 2.85. The molecule has 72 valence electrons. The third-order valence-corrected chi connectivity index (χ3v) is 2.10. The fourth-order valence-electron chi connectivity index (χ4n) is 1.41. The van der Waals surface area contributed by atoms with Crippen molar-refractivity contribution in [2.75, 3.05) is 23.7 Å². The average Bonchev–Trinajstić information content (AvgIpc) is 2.11. The summed E-state index contributed by atoms with van der Waals surface area (Å²) in [6.07, 6.45) is 0. The summed E-state index contributed by atoms with van der Waals surface area (Å²) in [5, 5.41) is 0. The Morgan fingerprint density at radius 3 is 2.38 bits per heavy atom. The van der Waals surface area contributed by atoms with Gasteiger partial charge < -0.3 is 10.6 Å². The first-order valence-electron chi connectivity index (χ1n) is 4.49. The molecule has 0 saturated carbocycles. The molecule has 0 aliphatic rings. The fourth-order valence-corrected chi connectivity index (χ4v) is 1.41. The van der Waals surface area contributed by atoms with Crippen LogP contribution in [0.1, 0.15) is 13.8 Å². The molecule has 3 heteroatoms. The fraction of sp³-hybridized carbons (Fsp3) is 0.400. The Bertz CT molecular complexity index is 262. The van der Waals surface area contributed by atoms with Gasteiger partial charge in [-0.05, 0) is 26.0 Å². The van der Waals surface area contributed by atoms with Crippen molar-refractivity contribution < 1.29 is 4.39 Å². The number of halogens is 1.